The molecule has 3 rings (SSSR count). The molecule has 5 nitrogen and oxygen atoms in total. The molecule has 2 amide bonds. The third-order valence-electron chi connectivity index (χ3n) is 3.58. The molecule has 5 heteroatoms. The van der Waals surface area contributed by atoms with Crippen LogP contribution in [0.3, 0.4) is 0 Å². The van der Waals surface area contributed by atoms with E-state index in [0.717, 1.165) is 17.0 Å². The minimum absolute atomic E-state index is 0.152. The van der Waals surface area contributed by atoms with E-state index in [-0.39, 0.29) is 6.03 Å². The van der Waals surface area contributed by atoms with Crippen molar-refractivity contribution in [1.82, 2.24) is 15.2 Å². The first-order valence-corrected chi connectivity index (χ1v) is 7.80. The Labute approximate surface area is 140 Å². The first kappa shape index (κ1) is 15.8. The van der Waals surface area contributed by atoms with Crippen LogP contribution in [0.4, 0.5) is 4.79 Å². The maximum absolute atomic E-state index is 12.6. The summed E-state index contributed by atoms with van der Waals surface area (Å²) >= 11 is 0. The fourth-order valence-corrected chi connectivity index (χ4v) is 2.36. The lowest BCUT2D eigenvalue weighted by atomic mass is 10.2. The smallest absolute Gasteiger partial charge is 0.318 e. The number of furan rings is 1. The Morgan fingerprint density at radius 2 is 1.83 bits per heavy atom. The molecule has 0 unspecified atom stereocenters. The molecule has 0 saturated carbocycles. The lowest BCUT2D eigenvalue weighted by Gasteiger charge is -2.22. The van der Waals surface area contributed by atoms with Crippen molar-refractivity contribution in [3.63, 3.8) is 0 Å². The highest BCUT2D eigenvalue weighted by molar-refractivity contribution is 5.74. The highest BCUT2D eigenvalue weighted by Crippen LogP contribution is 2.10. The minimum Gasteiger partial charge on any atom is -0.467 e. The summed E-state index contributed by atoms with van der Waals surface area (Å²) in [7, 11) is 0. The molecule has 122 valence electrons. The quantitative estimate of drug-likeness (QED) is 0.755. The summed E-state index contributed by atoms with van der Waals surface area (Å²) in [4.78, 5) is 18.6. The molecule has 2 heterocycles. The number of amides is 2. The molecule has 0 bridgehead atoms. The molecular weight excluding hydrogens is 302 g/mol. The first-order chi connectivity index (χ1) is 11.8. The van der Waals surface area contributed by atoms with Gasteiger partial charge >= 0.3 is 6.03 Å². The van der Waals surface area contributed by atoms with Crippen molar-refractivity contribution in [2.24, 2.45) is 0 Å². The predicted molar refractivity (Wildman–Crippen MR) is 90.9 cm³/mol. The molecule has 24 heavy (non-hydrogen) atoms. The summed E-state index contributed by atoms with van der Waals surface area (Å²) in [6.45, 7) is 1.29. The van der Waals surface area contributed by atoms with Crippen LogP contribution >= 0.6 is 0 Å². The van der Waals surface area contributed by atoms with Crippen molar-refractivity contribution in [3.05, 3.63) is 90.1 Å². The van der Waals surface area contributed by atoms with Crippen LogP contribution < -0.4 is 5.32 Å². The molecule has 0 saturated heterocycles. The summed E-state index contributed by atoms with van der Waals surface area (Å²) in [5.41, 5.74) is 1.89. The average Bonchev–Trinajstić information content (AvgIpc) is 3.14. The Balaban J connectivity index is 1.67. The van der Waals surface area contributed by atoms with Crippen molar-refractivity contribution < 1.29 is 9.21 Å². The predicted octanol–water partition coefficient (Wildman–Crippen LogP) is 3.59. The number of hydrogen-bond acceptors (Lipinski definition) is 3. The van der Waals surface area contributed by atoms with Crippen LogP contribution in [0.15, 0.2) is 77.5 Å². The van der Waals surface area contributed by atoms with E-state index in [4.69, 9.17) is 4.42 Å². The molecule has 0 spiro atoms. The van der Waals surface area contributed by atoms with E-state index in [1.54, 1.807) is 17.4 Å². The number of carbonyl (C=O) groups is 1. The number of carbonyl (C=O) groups excluding carboxylic acids is 1. The number of hydrogen-bond donors (Lipinski definition) is 1. The highest BCUT2D eigenvalue weighted by atomic mass is 16.3. The maximum atomic E-state index is 12.6. The number of nitrogens with one attached hydrogen (secondary N) is 1. The van der Waals surface area contributed by atoms with Gasteiger partial charge in [0.2, 0.25) is 0 Å². The fraction of sp³-hybridized carbons (Fsp3) is 0.158. The van der Waals surface area contributed by atoms with E-state index >= 15 is 0 Å². The van der Waals surface area contributed by atoms with Gasteiger partial charge in [0, 0.05) is 12.7 Å². The van der Waals surface area contributed by atoms with E-state index in [1.165, 1.54) is 0 Å². The molecule has 2 aromatic heterocycles. The largest absolute Gasteiger partial charge is 0.467 e. The van der Waals surface area contributed by atoms with Crippen molar-refractivity contribution in [2.75, 3.05) is 0 Å². The van der Waals surface area contributed by atoms with E-state index < -0.39 is 0 Å². The Hall–Kier alpha value is -3.08. The summed E-state index contributed by atoms with van der Waals surface area (Å²) in [5, 5.41) is 2.95. The third-order valence-corrected chi connectivity index (χ3v) is 3.58. The van der Waals surface area contributed by atoms with E-state index in [0.29, 0.717) is 19.6 Å². The molecule has 1 aromatic carbocycles. The number of benzene rings is 1. The average molecular weight is 321 g/mol. The van der Waals surface area contributed by atoms with Gasteiger partial charge in [-0.25, -0.2) is 4.79 Å². The zero-order valence-corrected chi connectivity index (χ0v) is 13.3. The van der Waals surface area contributed by atoms with Gasteiger partial charge in [0.1, 0.15) is 5.76 Å². The number of urea groups is 1. The normalized spacial score (nSPS) is 10.3. The highest BCUT2D eigenvalue weighted by Gasteiger charge is 2.16. The van der Waals surface area contributed by atoms with Gasteiger partial charge in [-0.2, -0.15) is 0 Å². The van der Waals surface area contributed by atoms with Crippen molar-refractivity contribution in [2.45, 2.75) is 19.6 Å². The molecular formula is C19H19N3O2. The van der Waals surface area contributed by atoms with E-state index in [9.17, 15) is 4.79 Å². The molecule has 3 aromatic rings. The van der Waals surface area contributed by atoms with E-state index in [2.05, 4.69) is 10.3 Å². The van der Waals surface area contributed by atoms with Gasteiger partial charge in [0.25, 0.3) is 0 Å². The van der Waals surface area contributed by atoms with Gasteiger partial charge < -0.3 is 14.6 Å². The van der Waals surface area contributed by atoms with Crippen molar-refractivity contribution in [3.8, 4) is 0 Å². The van der Waals surface area contributed by atoms with Crippen LogP contribution in [0.2, 0.25) is 0 Å². The van der Waals surface area contributed by atoms with Crippen LogP contribution in [-0.2, 0) is 19.6 Å². The molecule has 0 aliphatic carbocycles. The zero-order chi connectivity index (χ0) is 16.6. The summed E-state index contributed by atoms with van der Waals surface area (Å²) in [6, 6.07) is 19.0. The Bertz CT molecular complexity index is 743. The van der Waals surface area contributed by atoms with E-state index in [1.807, 2.05) is 60.7 Å². The second-order valence-corrected chi connectivity index (χ2v) is 5.40. The second-order valence-electron chi connectivity index (χ2n) is 5.40. The van der Waals surface area contributed by atoms with Crippen LogP contribution in [0.25, 0.3) is 0 Å². The second kappa shape index (κ2) is 7.97. The summed E-state index contributed by atoms with van der Waals surface area (Å²) in [5.74, 6) is 0.737. The van der Waals surface area contributed by atoms with Crippen LogP contribution in [0.5, 0.6) is 0 Å². The van der Waals surface area contributed by atoms with Gasteiger partial charge in [-0.1, -0.05) is 36.4 Å². The number of pyridine rings is 1. The topological polar surface area (TPSA) is 58.4 Å². The van der Waals surface area contributed by atoms with Crippen LogP contribution in [0, 0.1) is 0 Å². The first-order valence-electron chi connectivity index (χ1n) is 7.80. The minimum atomic E-state index is -0.152. The molecule has 0 fully saturated rings. The lowest BCUT2D eigenvalue weighted by Crippen LogP contribution is -2.38. The molecule has 0 aliphatic heterocycles. The van der Waals surface area contributed by atoms with Gasteiger partial charge in [-0.15, -0.1) is 0 Å². The van der Waals surface area contributed by atoms with Gasteiger partial charge in [-0.3, -0.25) is 4.98 Å². The van der Waals surface area contributed by atoms with Crippen LogP contribution in [0.1, 0.15) is 17.0 Å². The van der Waals surface area contributed by atoms with Crippen molar-refractivity contribution in [1.29, 1.82) is 0 Å². The monoisotopic (exact) mass is 321 g/mol. The Kier molecular flexibility index (Phi) is 5.24. The van der Waals surface area contributed by atoms with Gasteiger partial charge in [-0.05, 0) is 29.8 Å². The van der Waals surface area contributed by atoms with Crippen LogP contribution in [-0.4, -0.2) is 15.9 Å². The summed E-state index contributed by atoms with van der Waals surface area (Å²) in [6.07, 6.45) is 3.33. The number of nitrogens with zero attached hydrogens (tertiary/aromatic N) is 2. The van der Waals surface area contributed by atoms with Gasteiger partial charge in [0.05, 0.1) is 25.0 Å². The zero-order valence-electron chi connectivity index (χ0n) is 13.3. The molecule has 0 radical (unpaired) electrons. The summed E-state index contributed by atoms with van der Waals surface area (Å²) < 4.78 is 5.37. The SMILES string of the molecule is O=C(NCc1ccccc1)N(Cc1ccccn1)Cc1ccco1. The Morgan fingerprint density at radius 3 is 2.54 bits per heavy atom. The number of rotatable bonds is 6. The lowest BCUT2D eigenvalue weighted by molar-refractivity contribution is 0.186. The standard InChI is InChI=1S/C19H19N3O2/c23-19(21-13-16-7-2-1-3-8-16)22(15-18-10-6-12-24-18)14-17-9-4-5-11-20-17/h1-12H,13-15H2,(H,21,23). The number of aromatic nitrogens is 1. The molecule has 0 aliphatic rings. The molecule has 0 atom stereocenters. The van der Waals surface area contributed by atoms with Gasteiger partial charge in [0.15, 0.2) is 0 Å². The Morgan fingerprint density at radius 1 is 1.00 bits per heavy atom. The van der Waals surface area contributed by atoms with Crippen molar-refractivity contribution >= 4 is 6.03 Å². The molecule has 1 N–H and O–H groups in total. The third kappa shape index (κ3) is 4.46. The maximum Gasteiger partial charge on any atom is 0.318 e. The fourth-order valence-electron chi connectivity index (χ4n) is 2.36.